The Balaban J connectivity index is 1.00. The summed E-state index contributed by atoms with van der Waals surface area (Å²) in [4.78, 5) is 17.4. The number of anilines is 3. The second-order valence-corrected chi connectivity index (χ2v) is 14.5. The summed E-state index contributed by atoms with van der Waals surface area (Å²) >= 11 is 0. The number of hydrogen-bond acceptors (Lipinski definition) is 4. The van der Waals surface area contributed by atoms with E-state index >= 15 is 0 Å². The summed E-state index contributed by atoms with van der Waals surface area (Å²) in [5, 5.41) is 3.59. The molecule has 0 aliphatic carbocycles. The molecule has 0 aliphatic rings. The molecule has 3 aromatic heterocycles. The first-order valence-corrected chi connectivity index (χ1v) is 19.5. The zero-order valence-corrected chi connectivity index (χ0v) is 31.4. The van der Waals surface area contributed by atoms with Crippen molar-refractivity contribution < 1.29 is 0 Å². The highest BCUT2D eigenvalue weighted by Crippen LogP contribution is 2.41. The number of benzene rings is 8. The topological polar surface area (TPSA) is 46.8 Å². The fourth-order valence-corrected chi connectivity index (χ4v) is 8.29. The molecule has 0 unspecified atom stereocenters. The van der Waals surface area contributed by atoms with E-state index in [0.29, 0.717) is 0 Å². The summed E-state index contributed by atoms with van der Waals surface area (Å²) in [5.74, 6) is 0. The van der Waals surface area contributed by atoms with E-state index in [0.717, 1.165) is 78.3 Å². The zero-order chi connectivity index (χ0) is 38.4. The van der Waals surface area contributed by atoms with Gasteiger partial charge in [0.25, 0.3) is 0 Å². The average Bonchev–Trinajstić information content (AvgIpc) is 3.64. The van der Waals surface area contributed by atoms with Crippen molar-refractivity contribution in [2.45, 2.75) is 0 Å². The monoisotopic (exact) mass is 741 g/mol. The lowest BCUT2D eigenvalue weighted by Gasteiger charge is -2.27. The van der Waals surface area contributed by atoms with E-state index < -0.39 is 0 Å². The molecule has 8 aromatic carbocycles. The van der Waals surface area contributed by atoms with Gasteiger partial charge in [-0.1, -0.05) is 133 Å². The van der Waals surface area contributed by atoms with Crippen LogP contribution in [0.25, 0.3) is 83.1 Å². The first-order valence-electron chi connectivity index (χ1n) is 19.5. The lowest BCUT2D eigenvalue weighted by molar-refractivity contribution is 1.18. The van der Waals surface area contributed by atoms with Gasteiger partial charge in [-0.15, -0.1) is 0 Å². The SMILES string of the molecule is c1ccc(-c2nc3ccccc3nc2-c2ccc(N(c3ccc(-c4cccc(-n5c6ccccc6c6ccccc65)c4)cc3)c3cccc4cccnc34)cc2)cc1. The normalized spacial score (nSPS) is 11.4. The van der Waals surface area contributed by atoms with Crippen LogP contribution in [-0.2, 0) is 0 Å². The van der Waals surface area contributed by atoms with Crippen molar-refractivity contribution in [2.75, 3.05) is 4.90 Å². The summed E-state index contributed by atoms with van der Waals surface area (Å²) in [6.45, 7) is 0. The van der Waals surface area contributed by atoms with Crippen LogP contribution in [0.15, 0.2) is 212 Å². The van der Waals surface area contributed by atoms with E-state index in [9.17, 15) is 0 Å². The van der Waals surface area contributed by atoms with E-state index in [1.807, 2.05) is 54.7 Å². The highest BCUT2D eigenvalue weighted by molar-refractivity contribution is 6.09. The minimum atomic E-state index is 0.849. The van der Waals surface area contributed by atoms with E-state index in [1.54, 1.807) is 0 Å². The summed E-state index contributed by atoms with van der Waals surface area (Å²) in [6.07, 6.45) is 1.86. The van der Waals surface area contributed by atoms with E-state index in [2.05, 4.69) is 167 Å². The Morgan fingerprint density at radius 2 is 0.931 bits per heavy atom. The van der Waals surface area contributed by atoms with Gasteiger partial charge in [-0.25, -0.2) is 9.97 Å². The quantitative estimate of drug-likeness (QED) is 0.163. The van der Waals surface area contributed by atoms with Crippen LogP contribution >= 0.6 is 0 Å². The Bertz CT molecular complexity index is 3220. The van der Waals surface area contributed by atoms with Gasteiger partial charge in [0.05, 0.1) is 44.7 Å². The second kappa shape index (κ2) is 14.0. The van der Waals surface area contributed by atoms with Crippen LogP contribution in [0.2, 0.25) is 0 Å². The van der Waals surface area contributed by atoms with Gasteiger partial charge < -0.3 is 9.47 Å². The average molecular weight is 742 g/mol. The molecule has 0 atom stereocenters. The molecule has 272 valence electrons. The fourth-order valence-electron chi connectivity index (χ4n) is 8.29. The molecule has 11 aromatic rings. The lowest BCUT2D eigenvalue weighted by Crippen LogP contribution is -2.11. The first kappa shape index (κ1) is 33.4. The van der Waals surface area contributed by atoms with E-state index in [4.69, 9.17) is 15.0 Å². The maximum absolute atomic E-state index is 5.16. The number of para-hydroxylation sites is 5. The van der Waals surface area contributed by atoms with Gasteiger partial charge >= 0.3 is 0 Å². The highest BCUT2D eigenvalue weighted by atomic mass is 15.1. The van der Waals surface area contributed by atoms with Crippen molar-refractivity contribution >= 4 is 60.8 Å². The van der Waals surface area contributed by atoms with Crippen LogP contribution in [0.1, 0.15) is 0 Å². The summed E-state index contributed by atoms with van der Waals surface area (Å²) < 4.78 is 2.37. The molecule has 5 heteroatoms. The molecule has 0 spiro atoms. The Morgan fingerprint density at radius 1 is 0.397 bits per heavy atom. The molecule has 0 saturated heterocycles. The van der Waals surface area contributed by atoms with Crippen LogP contribution in [0.4, 0.5) is 17.1 Å². The minimum Gasteiger partial charge on any atom is -0.309 e. The fraction of sp³-hybridized carbons (Fsp3) is 0. The molecular formula is C53H35N5. The van der Waals surface area contributed by atoms with Gasteiger partial charge in [-0.05, 0) is 83.9 Å². The van der Waals surface area contributed by atoms with Crippen molar-refractivity contribution in [1.29, 1.82) is 0 Å². The third kappa shape index (κ3) is 5.76. The molecular weight excluding hydrogens is 707 g/mol. The smallest absolute Gasteiger partial charge is 0.0973 e. The maximum atomic E-state index is 5.16. The third-order valence-electron chi connectivity index (χ3n) is 11.0. The number of pyridine rings is 1. The third-order valence-corrected chi connectivity index (χ3v) is 11.0. The molecule has 58 heavy (non-hydrogen) atoms. The van der Waals surface area contributed by atoms with Crippen LogP contribution in [0, 0.1) is 0 Å². The Labute approximate surface area is 335 Å². The zero-order valence-electron chi connectivity index (χ0n) is 31.4. The second-order valence-electron chi connectivity index (χ2n) is 14.5. The molecule has 0 fully saturated rings. The van der Waals surface area contributed by atoms with Crippen LogP contribution in [0.5, 0.6) is 0 Å². The van der Waals surface area contributed by atoms with Gasteiger partial charge in [0.15, 0.2) is 0 Å². The number of hydrogen-bond donors (Lipinski definition) is 0. The predicted molar refractivity (Wildman–Crippen MR) is 240 cm³/mol. The van der Waals surface area contributed by atoms with Crippen molar-refractivity contribution in [1.82, 2.24) is 19.5 Å². The van der Waals surface area contributed by atoms with Gasteiger partial charge in [-0.3, -0.25) is 4.98 Å². The van der Waals surface area contributed by atoms with Gasteiger partial charge in [0, 0.05) is 50.5 Å². The first-order chi connectivity index (χ1) is 28.8. The van der Waals surface area contributed by atoms with Crippen LogP contribution in [0.3, 0.4) is 0 Å². The van der Waals surface area contributed by atoms with Gasteiger partial charge in [-0.2, -0.15) is 0 Å². The number of aromatic nitrogens is 4. The van der Waals surface area contributed by atoms with E-state index in [1.165, 1.54) is 21.8 Å². The molecule has 0 bridgehead atoms. The summed E-state index contributed by atoms with van der Waals surface area (Å²) in [6, 6.07) is 72.5. The van der Waals surface area contributed by atoms with Crippen molar-refractivity contribution in [3.63, 3.8) is 0 Å². The Morgan fingerprint density at radius 3 is 1.60 bits per heavy atom. The summed E-state index contributed by atoms with van der Waals surface area (Å²) in [7, 11) is 0. The molecule has 11 rings (SSSR count). The van der Waals surface area contributed by atoms with Crippen molar-refractivity contribution in [3.8, 4) is 39.3 Å². The van der Waals surface area contributed by atoms with Gasteiger partial charge in [0.2, 0.25) is 0 Å². The maximum Gasteiger partial charge on any atom is 0.0973 e. The van der Waals surface area contributed by atoms with Crippen molar-refractivity contribution in [3.05, 3.63) is 212 Å². The standard InChI is InChI=1S/C53H35N5/c1-2-13-38(14-3-1)52-53(56-47-22-7-6-21-46(47)55-52)39-28-32-42(33-29-39)57(50-25-11-15-37-17-12-34-54-51(37)50)41-30-26-36(27-31-41)40-16-10-18-43(35-40)58-48-23-8-4-19-44(48)45-20-5-9-24-49(45)58/h1-35H. The van der Waals surface area contributed by atoms with Gasteiger partial charge in [0.1, 0.15) is 0 Å². The molecule has 0 aliphatic heterocycles. The Kier molecular flexibility index (Phi) is 8.07. The number of rotatable bonds is 7. The Hall–Kier alpha value is -7.89. The number of nitrogens with zero attached hydrogens (tertiary/aromatic N) is 5. The molecule has 3 heterocycles. The summed E-state index contributed by atoms with van der Waals surface area (Å²) in [5.41, 5.74) is 15.3. The molecule has 0 saturated carbocycles. The highest BCUT2D eigenvalue weighted by Gasteiger charge is 2.19. The predicted octanol–water partition coefficient (Wildman–Crippen LogP) is 13.7. The molecule has 0 N–H and O–H groups in total. The largest absolute Gasteiger partial charge is 0.309 e. The van der Waals surface area contributed by atoms with Crippen LogP contribution < -0.4 is 4.90 Å². The molecule has 0 amide bonds. The minimum absolute atomic E-state index is 0.849. The van der Waals surface area contributed by atoms with Crippen LogP contribution in [-0.4, -0.2) is 19.5 Å². The van der Waals surface area contributed by atoms with E-state index in [-0.39, 0.29) is 0 Å². The molecule has 0 radical (unpaired) electrons. The van der Waals surface area contributed by atoms with Crippen molar-refractivity contribution in [2.24, 2.45) is 0 Å². The number of fused-ring (bicyclic) bond motifs is 5. The molecule has 5 nitrogen and oxygen atoms in total. The lowest BCUT2D eigenvalue weighted by atomic mass is 10.0.